The van der Waals surface area contributed by atoms with E-state index in [1.54, 1.807) is 28.6 Å². The number of rotatable bonds is 3. The molecule has 0 spiro atoms. The van der Waals surface area contributed by atoms with E-state index in [9.17, 15) is 14.3 Å². The monoisotopic (exact) mass is 349 g/mol. The molecule has 5 nitrogen and oxygen atoms in total. The van der Waals surface area contributed by atoms with Crippen molar-refractivity contribution in [3.63, 3.8) is 0 Å². The minimum Gasteiger partial charge on any atom is -0.392 e. The number of aliphatic hydroxyl groups is 1. The summed E-state index contributed by atoms with van der Waals surface area (Å²) < 4.78 is 15.5. The van der Waals surface area contributed by atoms with E-state index in [-0.39, 0.29) is 23.5 Å². The van der Waals surface area contributed by atoms with E-state index in [2.05, 4.69) is 25.8 Å². The summed E-state index contributed by atoms with van der Waals surface area (Å²) in [7, 11) is 1.79. The Morgan fingerprint density at radius 2 is 2.12 bits per heavy atom. The van der Waals surface area contributed by atoms with Crippen molar-refractivity contribution in [3.05, 3.63) is 34.6 Å². The van der Waals surface area contributed by atoms with Crippen LogP contribution in [-0.2, 0) is 6.61 Å². The molecule has 0 aliphatic carbocycles. The molecule has 24 heavy (non-hydrogen) atoms. The average Bonchev–Trinajstić information content (AvgIpc) is 3.01. The van der Waals surface area contributed by atoms with Crippen molar-refractivity contribution in [3.8, 4) is 0 Å². The first kappa shape index (κ1) is 16.9. The maximum atomic E-state index is 13.8. The summed E-state index contributed by atoms with van der Waals surface area (Å²) in [5.74, 6) is -0.532. The van der Waals surface area contributed by atoms with Crippen LogP contribution in [0.25, 0.3) is 16.0 Å². The molecular weight excluding hydrogens is 329 g/mol. The number of benzene rings is 1. The normalized spacial score (nSPS) is 12.2. The summed E-state index contributed by atoms with van der Waals surface area (Å²) in [6.07, 6.45) is 1.73. The highest BCUT2D eigenvalue weighted by atomic mass is 32.1. The molecule has 0 unspecified atom stereocenters. The van der Waals surface area contributed by atoms with Gasteiger partial charge < -0.3 is 10.0 Å². The standard InChI is InChI=1S/C17H20FN3O2S/c1-17(2,3)9-20(4)15(23)14-7-21-13-5-10(8-22)11(18)6-12(13)19-16(21)24-14/h5-7,22H,8-9H2,1-4H3. The lowest BCUT2D eigenvalue weighted by Crippen LogP contribution is -2.34. The van der Waals surface area contributed by atoms with Crippen molar-refractivity contribution >= 4 is 33.2 Å². The number of fused-ring (bicyclic) bond motifs is 3. The molecule has 0 bridgehead atoms. The Labute approximate surface area is 143 Å². The highest BCUT2D eigenvalue weighted by molar-refractivity contribution is 7.18. The molecule has 1 aromatic carbocycles. The molecule has 0 radical (unpaired) electrons. The molecule has 1 amide bonds. The van der Waals surface area contributed by atoms with Gasteiger partial charge in [-0.2, -0.15) is 0 Å². The number of hydrogen-bond donors (Lipinski definition) is 1. The fourth-order valence-corrected chi connectivity index (χ4v) is 3.76. The molecule has 128 valence electrons. The van der Waals surface area contributed by atoms with E-state index >= 15 is 0 Å². The number of thiazole rings is 1. The summed E-state index contributed by atoms with van der Waals surface area (Å²) in [6.45, 7) is 6.51. The molecule has 0 aliphatic rings. The van der Waals surface area contributed by atoms with E-state index in [0.29, 0.717) is 27.4 Å². The summed E-state index contributed by atoms with van der Waals surface area (Å²) in [4.78, 5) is 19.9. The van der Waals surface area contributed by atoms with Gasteiger partial charge >= 0.3 is 0 Å². The van der Waals surface area contributed by atoms with Crippen molar-refractivity contribution in [2.45, 2.75) is 27.4 Å². The van der Waals surface area contributed by atoms with E-state index < -0.39 is 5.82 Å². The first-order chi connectivity index (χ1) is 11.2. The molecule has 3 rings (SSSR count). The van der Waals surface area contributed by atoms with Gasteiger partial charge in [-0.1, -0.05) is 32.1 Å². The summed E-state index contributed by atoms with van der Waals surface area (Å²) >= 11 is 1.28. The molecule has 0 atom stereocenters. The largest absolute Gasteiger partial charge is 0.392 e. The Kier molecular flexibility index (Phi) is 4.09. The molecule has 2 aromatic heterocycles. The Balaban J connectivity index is 2.01. The van der Waals surface area contributed by atoms with Gasteiger partial charge in [0.05, 0.1) is 17.6 Å². The van der Waals surface area contributed by atoms with Crippen LogP contribution in [0.4, 0.5) is 4.39 Å². The number of halogens is 1. The number of aromatic nitrogens is 2. The fraction of sp³-hybridized carbons (Fsp3) is 0.412. The van der Waals surface area contributed by atoms with Crippen LogP contribution in [0, 0.1) is 11.2 Å². The molecule has 0 fully saturated rings. The van der Waals surface area contributed by atoms with Crippen LogP contribution in [0.1, 0.15) is 36.0 Å². The Bertz CT molecular complexity index is 923. The number of nitrogens with zero attached hydrogens (tertiary/aromatic N) is 3. The number of imidazole rings is 1. The van der Waals surface area contributed by atoms with Gasteiger partial charge in [-0.25, -0.2) is 9.37 Å². The number of aliphatic hydroxyl groups excluding tert-OH is 1. The van der Waals surface area contributed by atoms with Gasteiger partial charge in [0.15, 0.2) is 4.96 Å². The Morgan fingerprint density at radius 3 is 2.75 bits per heavy atom. The molecule has 0 saturated carbocycles. The van der Waals surface area contributed by atoms with Crippen LogP contribution in [-0.4, -0.2) is 38.9 Å². The minimum atomic E-state index is -0.475. The zero-order chi connectivity index (χ0) is 17.6. The van der Waals surface area contributed by atoms with E-state index in [1.165, 1.54) is 17.4 Å². The third-order valence-corrected chi connectivity index (χ3v) is 4.68. The second-order valence-electron chi connectivity index (χ2n) is 7.17. The zero-order valence-electron chi connectivity index (χ0n) is 14.1. The second kappa shape index (κ2) is 5.82. The van der Waals surface area contributed by atoms with Gasteiger partial charge in [0.1, 0.15) is 10.7 Å². The minimum absolute atomic E-state index is 0.0159. The van der Waals surface area contributed by atoms with Crippen LogP contribution in [0.15, 0.2) is 18.3 Å². The fourth-order valence-electron chi connectivity index (χ4n) is 2.77. The van der Waals surface area contributed by atoms with Gasteiger partial charge in [0, 0.05) is 31.4 Å². The topological polar surface area (TPSA) is 57.8 Å². The average molecular weight is 349 g/mol. The molecule has 2 heterocycles. The van der Waals surface area contributed by atoms with E-state index in [0.717, 1.165) is 0 Å². The van der Waals surface area contributed by atoms with Gasteiger partial charge in [-0.3, -0.25) is 9.20 Å². The smallest absolute Gasteiger partial charge is 0.265 e. The molecule has 3 aromatic rings. The van der Waals surface area contributed by atoms with Gasteiger partial charge in [-0.05, 0) is 11.5 Å². The van der Waals surface area contributed by atoms with Crippen LogP contribution in [0.5, 0.6) is 0 Å². The Morgan fingerprint density at radius 1 is 1.42 bits per heavy atom. The van der Waals surface area contributed by atoms with Crippen LogP contribution in [0.3, 0.4) is 0 Å². The summed E-state index contributed by atoms with van der Waals surface area (Å²) in [5, 5.41) is 9.23. The zero-order valence-corrected chi connectivity index (χ0v) is 14.9. The van der Waals surface area contributed by atoms with Crippen LogP contribution in [0.2, 0.25) is 0 Å². The van der Waals surface area contributed by atoms with Crippen molar-refractivity contribution < 1.29 is 14.3 Å². The maximum Gasteiger partial charge on any atom is 0.265 e. The molecular formula is C17H20FN3O2S. The van der Waals surface area contributed by atoms with Crippen molar-refractivity contribution in [1.82, 2.24) is 14.3 Å². The van der Waals surface area contributed by atoms with Gasteiger partial charge in [0.25, 0.3) is 5.91 Å². The molecule has 0 saturated heterocycles. The third-order valence-electron chi connectivity index (χ3n) is 3.71. The lowest BCUT2D eigenvalue weighted by molar-refractivity contribution is 0.0750. The van der Waals surface area contributed by atoms with Crippen LogP contribution >= 0.6 is 11.3 Å². The SMILES string of the molecule is CN(CC(C)(C)C)C(=O)c1cn2c(nc3cc(F)c(CO)cc32)s1. The van der Waals surface area contributed by atoms with Gasteiger partial charge in [0.2, 0.25) is 0 Å². The van der Waals surface area contributed by atoms with Crippen molar-refractivity contribution in [2.75, 3.05) is 13.6 Å². The second-order valence-corrected chi connectivity index (χ2v) is 8.18. The quantitative estimate of drug-likeness (QED) is 0.789. The summed E-state index contributed by atoms with van der Waals surface area (Å²) in [6, 6.07) is 2.89. The van der Waals surface area contributed by atoms with E-state index in [1.807, 2.05) is 0 Å². The Hall–Kier alpha value is -1.99. The molecule has 7 heteroatoms. The number of carbonyl (C=O) groups is 1. The lowest BCUT2D eigenvalue weighted by Gasteiger charge is -2.26. The van der Waals surface area contributed by atoms with Crippen LogP contribution < -0.4 is 0 Å². The number of amides is 1. The van der Waals surface area contributed by atoms with Crippen molar-refractivity contribution in [2.24, 2.45) is 5.41 Å². The predicted molar refractivity (Wildman–Crippen MR) is 92.9 cm³/mol. The maximum absolute atomic E-state index is 13.8. The first-order valence-electron chi connectivity index (χ1n) is 7.66. The number of hydrogen-bond acceptors (Lipinski definition) is 4. The van der Waals surface area contributed by atoms with E-state index in [4.69, 9.17) is 0 Å². The van der Waals surface area contributed by atoms with Crippen molar-refractivity contribution in [1.29, 1.82) is 0 Å². The molecule has 1 N–H and O–H groups in total. The predicted octanol–water partition coefficient (Wildman–Crippen LogP) is 3.30. The third kappa shape index (κ3) is 3.01. The first-order valence-corrected chi connectivity index (χ1v) is 8.47. The number of carbonyl (C=O) groups excluding carboxylic acids is 1. The molecule has 0 aliphatic heterocycles. The lowest BCUT2D eigenvalue weighted by atomic mass is 9.96. The highest BCUT2D eigenvalue weighted by Gasteiger charge is 2.22. The summed E-state index contributed by atoms with van der Waals surface area (Å²) in [5.41, 5.74) is 1.43. The van der Waals surface area contributed by atoms with Gasteiger partial charge in [-0.15, -0.1) is 0 Å². The highest BCUT2D eigenvalue weighted by Crippen LogP contribution is 2.27.